The molecule has 0 aliphatic heterocycles. The Morgan fingerprint density at radius 2 is 1.88 bits per heavy atom. The van der Waals surface area contributed by atoms with Crippen LogP contribution in [0.4, 0.5) is 18.9 Å². The summed E-state index contributed by atoms with van der Waals surface area (Å²) < 4.78 is 43.9. The fraction of sp³-hybridized carbons (Fsp3) is 0.125. The highest BCUT2D eigenvalue weighted by Crippen LogP contribution is 2.28. The van der Waals surface area contributed by atoms with Crippen molar-refractivity contribution >= 4 is 35.7 Å². The number of fused-ring (bicyclic) bond motifs is 1. The van der Waals surface area contributed by atoms with E-state index in [1.807, 2.05) is 0 Å². The number of benzene rings is 3. The lowest BCUT2D eigenvalue weighted by molar-refractivity contribution is -0.127. The molecule has 0 bridgehead atoms. The molecule has 0 saturated heterocycles. The van der Waals surface area contributed by atoms with Gasteiger partial charge in [0, 0.05) is 17.3 Å². The Balaban J connectivity index is 1.58. The zero-order chi connectivity index (χ0) is 24.3. The number of amides is 1. The molecule has 170 valence electrons. The average Bonchev–Trinajstić information content (AvgIpc) is 2.80. The molecule has 6 nitrogen and oxygen atoms in total. The van der Waals surface area contributed by atoms with Crippen LogP contribution < -0.4 is 15.5 Å². The first-order valence-corrected chi connectivity index (χ1v) is 10.1. The Bertz CT molecular complexity index is 1360. The van der Waals surface area contributed by atoms with Crippen LogP contribution in [0.5, 0.6) is 11.6 Å². The first-order valence-electron chi connectivity index (χ1n) is 10.1. The van der Waals surface area contributed by atoms with Crippen LogP contribution in [0.2, 0.25) is 0 Å². The summed E-state index contributed by atoms with van der Waals surface area (Å²) in [6.07, 6.45) is -4.22. The Morgan fingerprint density at radius 1 is 1.06 bits per heavy atom. The van der Waals surface area contributed by atoms with Crippen molar-refractivity contribution in [3.05, 3.63) is 83.8 Å². The van der Waals surface area contributed by atoms with E-state index in [2.05, 4.69) is 15.3 Å². The number of anilines is 1. The van der Waals surface area contributed by atoms with Gasteiger partial charge in [-0.25, -0.2) is 9.97 Å². The lowest BCUT2D eigenvalue weighted by Crippen LogP contribution is -2.20. The smallest absolute Gasteiger partial charge is 0.393 e. The number of nitrogens with one attached hydrogen (secondary N) is 1. The average molecular weight is 463 g/mol. The number of nitrogens with zero attached hydrogens (tertiary/aromatic N) is 2. The Kier molecular flexibility index (Phi) is 6.51. The highest BCUT2D eigenvalue weighted by atomic mass is 19.4. The largest absolute Gasteiger partial charge is 0.439 e. The van der Waals surface area contributed by atoms with E-state index in [-0.39, 0.29) is 29.2 Å². The summed E-state index contributed by atoms with van der Waals surface area (Å²) in [4.78, 5) is 20.9. The van der Waals surface area contributed by atoms with E-state index in [4.69, 9.17) is 12.6 Å². The number of carbonyl (C=O) groups is 1. The Morgan fingerprint density at radius 3 is 2.65 bits per heavy atom. The van der Waals surface area contributed by atoms with E-state index >= 15 is 0 Å². The Hall–Kier alpha value is -3.92. The number of aromatic nitrogens is 2. The molecular weight excluding hydrogens is 446 g/mol. The number of aliphatic hydroxyl groups excluding tert-OH is 1. The van der Waals surface area contributed by atoms with Gasteiger partial charge in [0.25, 0.3) is 5.91 Å². The number of carbonyl (C=O) groups excluding carboxylic acids is 1. The van der Waals surface area contributed by atoms with Crippen LogP contribution in [0, 0.1) is 0 Å². The molecule has 0 fully saturated rings. The van der Waals surface area contributed by atoms with E-state index in [0.29, 0.717) is 27.8 Å². The van der Waals surface area contributed by atoms with Crippen LogP contribution in [0.1, 0.15) is 21.6 Å². The first-order chi connectivity index (χ1) is 16.2. The number of alkyl halides is 3. The molecule has 2 radical (unpaired) electrons. The number of aliphatic hydroxyl groups is 1. The Labute approximate surface area is 193 Å². The minimum atomic E-state index is -4.38. The molecule has 0 aliphatic carbocycles. The zero-order valence-electron chi connectivity index (χ0n) is 17.6. The third-order valence-corrected chi connectivity index (χ3v) is 4.95. The molecule has 0 atom stereocenters. The van der Waals surface area contributed by atoms with Crippen molar-refractivity contribution in [3.8, 4) is 11.6 Å². The van der Waals surface area contributed by atoms with Crippen LogP contribution >= 0.6 is 0 Å². The predicted octanol–water partition coefficient (Wildman–Crippen LogP) is 4.07. The summed E-state index contributed by atoms with van der Waals surface area (Å²) in [5, 5.41) is 13.1. The molecule has 1 aromatic heterocycles. The second-order valence-electron chi connectivity index (χ2n) is 7.46. The molecule has 34 heavy (non-hydrogen) atoms. The number of rotatable bonds is 6. The van der Waals surface area contributed by atoms with Crippen LogP contribution in [-0.4, -0.2) is 35.0 Å². The second kappa shape index (κ2) is 9.52. The van der Waals surface area contributed by atoms with Crippen LogP contribution in [0.25, 0.3) is 10.8 Å². The number of hydrogen-bond donors (Lipinski definition) is 2. The van der Waals surface area contributed by atoms with E-state index in [0.717, 1.165) is 0 Å². The lowest BCUT2D eigenvalue weighted by atomic mass is 9.91. The number of hydrogen-bond acceptors (Lipinski definition) is 5. The van der Waals surface area contributed by atoms with Crippen molar-refractivity contribution in [3.63, 3.8) is 0 Å². The van der Waals surface area contributed by atoms with E-state index in [1.165, 1.54) is 30.6 Å². The van der Waals surface area contributed by atoms with Crippen molar-refractivity contribution in [1.29, 1.82) is 0 Å². The molecule has 10 heteroatoms. The van der Waals surface area contributed by atoms with Crippen molar-refractivity contribution < 1.29 is 27.8 Å². The van der Waals surface area contributed by atoms with E-state index in [1.54, 1.807) is 36.4 Å². The van der Waals surface area contributed by atoms with Gasteiger partial charge in [0.2, 0.25) is 5.88 Å². The SMILES string of the molecule is [B]c1ccc(CC(F)(F)F)cc1NC(=O)c1cccc2cc(Oc3cc(CO)ncn3)ccc12. The molecule has 0 unspecified atom stereocenters. The fourth-order valence-corrected chi connectivity index (χ4v) is 3.41. The first kappa shape index (κ1) is 23.3. The van der Waals surface area contributed by atoms with E-state index < -0.39 is 18.5 Å². The second-order valence-corrected chi connectivity index (χ2v) is 7.46. The van der Waals surface area contributed by atoms with Crippen molar-refractivity contribution in [2.75, 3.05) is 5.32 Å². The summed E-state index contributed by atoms with van der Waals surface area (Å²) in [5.41, 5.74) is 0.970. The highest BCUT2D eigenvalue weighted by molar-refractivity contribution is 6.36. The molecule has 4 aromatic rings. The minimum Gasteiger partial charge on any atom is -0.439 e. The van der Waals surface area contributed by atoms with Crippen LogP contribution in [0.3, 0.4) is 0 Å². The van der Waals surface area contributed by atoms with Gasteiger partial charge < -0.3 is 15.2 Å². The molecular formula is C24H17BF3N3O3. The summed E-state index contributed by atoms with van der Waals surface area (Å²) in [5.74, 6) is 0.191. The monoisotopic (exact) mass is 463 g/mol. The number of halogens is 3. The molecule has 1 amide bonds. The van der Waals surface area contributed by atoms with Gasteiger partial charge in [0.15, 0.2) is 0 Å². The van der Waals surface area contributed by atoms with E-state index in [9.17, 15) is 23.1 Å². The highest BCUT2D eigenvalue weighted by Gasteiger charge is 2.27. The maximum Gasteiger partial charge on any atom is 0.393 e. The third-order valence-electron chi connectivity index (χ3n) is 4.95. The summed E-state index contributed by atoms with van der Waals surface area (Å²) in [6, 6.07) is 15.5. The van der Waals surface area contributed by atoms with Gasteiger partial charge in [-0.05, 0) is 46.7 Å². The van der Waals surface area contributed by atoms with Gasteiger partial charge in [-0.2, -0.15) is 13.2 Å². The van der Waals surface area contributed by atoms with Gasteiger partial charge in [0.05, 0.1) is 18.7 Å². The van der Waals surface area contributed by atoms with Gasteiger partial charge in [-0.3, -0.25) is 4.79 Å². The van der Waals surface area contributed by atoms with Gasteiger partial charge in [0.1, 0.15) is 19.9 Å². The predicted molar refractivity (Wildman–Crippen MR) is 122 cm³/mol. The van der Waals surface area contributed by atoms with Crippen molar-refractivity contribution in [1.82, 2.24) is 9.97 Å². The molecule has 1 heterocycles. The quantitative estimate of drug-likeness (QED) is 0.422. The lowest BCUT2D eigenvalue weighted by Gasteiger charge is -2.14. The number of ether oxygens (including phenoxy) is 1. The van der Waals surface area contributed by atoms with Crippen molar-refractivity contribution in [2.45, 2.75) is 19.2 Å². The van der Waals surface area contributed by atoms with Crippen LogP contribution in [0.15, 0.2) is 67.0 Å². The standard InChI is InChI=1S/C24H17BF3N3O3/c25-20-7-4-14(11-24(26,27)28)8-21(20)31-23(33)19-3-1-2-15-9-17(5-6-18(15)19)34-22-10-16(12-32)29-13-30-22/h1-10,13,32H,11-12H2,(H,31,33). The van der Waals surface area contributed by atoms with Crippen LogP contribution in [-0.2, 0) is 13.0 Å². The van der Waals surface area contributed by atoms with Gasteiger partial charge >= 0.3 is 6.18 Å². The van der Waals surface area contributed by atoms with Gasteiger partial charge in [-0.1, -0.05) is 29.7 Å². The van der Waals surface area contributed by atoms with Crippen molar-refractivity contribution in [2.24, 2.45) is 0 Å². The molecule has 0 saturated carbocycles. The zero-order valence-corrected chi connectivity index (χ0v) is 17.6. The maximum absolute atomic E-state index is 13.0. The summed E-state index contributed by atoms with van der Waals surface area (Å²) in [7, 11) is 5.87. The van der Waals surface area contributed by atoms with Gasteiger partial charge in [-0.15, -0.1) is 0 Å². The third kappa shape index (κ3) is 5.52. The summed E-state index contributed by atoms with van der Waals surface area (Å²) >= 11 is 0. The minimum absolute atomic E-state index is 0.00853. The molecule has 3 aromatic carbocycles. The molecule has 4 rings (SSSR count). The molecule has 0 spiro atoms. The summed E-state index contributed by atoms with van der Waals surface area (Å²) in [6.45, 7) is -0.251. The molecule has 0 aliphatic rings. The maximum atomic E-state index is 13.0. The normalized spacial score (nSPS) is 11.4. The molecule has 2 N–H and O–H groups in total. The fourth-order valence-electron chi connectivity index (χ4n) is 3.41. The topological polar surface area (TPSA) is 84.3 Å².